The molecule has 0 spiro atoms. The van der Waals surface area contributed by atoms with Crippen molar-refractivity contribution in [3.8, 4) is 0 Å². The van der Waals surface area contributed by atoms with Crippen molar-refractivity contribution in [2.24, 2.45) is 11.3 Å². The standard InChI is InChI=1S/C14H23NO3/c1-11-4-2-8-15(9-5-11)12(16)10-14(13(17)18)6-3-7-14/h11H,2-10H2,1H3,(H,17,18). The van der Waals surface area contributed by atoms with Gasteiger partial charge in [-0.1, -0.05) is 13.3 Å². The van der Waals surface area contributed by atoms with E-state index in [0.29, 0.717) is 18.8 Å². The lowest BCUT2D eigenvalue weighted by molar-refractivity contribution is -0.159. The van der Waals surface area contributed by atoms with Gasteiger partial charge in [0.1, 0.15) is 0 Å². The molecule has 1 unspecified atom stereocenters. The topological polar surface area (TPSA) is 57.6 Å². The zero-order valence-corrected chi connectivity index (χ0v) is 11.2. The quantitative estimate of drug-likeness (QED) is 0.839. The molecule has 2 rings (SSSR count). The van der Waals surface area contributed by atoms with Gasteiger partial charge in [0.2, 0.25) is 5.91 Å². The molecule has 0 aromatic heterocycles. The van der Waals surface area contributed by atoms with E-state index in [2.05, 4.69) is 6.92 Å². The molecular weight excluding hydrogens is 230 g/mol. The van der Waals surface area contributed by atoms with Crippen molar-refractivity contribution < 1.29 is 14.7 Å². The molecule has 0 radical (unpaired) electrons. The van der Waals surface area contributed by atoms with Crippen LogP contribution in [0, 0.1) is 11.3 Å². The Morgan fingerprint density at radius 3 is 2.50 bits per heavy atom. The number of likely N-dealkylation sites (tertiary alicyclic amines) is 1. The third kappa shape index (κ3) is 2.68. The lowest BCUT2D eigenvalue weighted by Crippen LogP contribution is -2.44. The lowest BCUT2D eigenvalue weighted by Gasteiger charge is -2.38. The minimum atomic E-state index is -0.787. The molecule has 1 N–H and O–H groups in total. The second-order valence-corrected chi connectivity index (χ2v) is 6.03. The van der Waals surface area contributed by atoms with Crippen LogP contribution < -0.4 is 0 Å². The summed E-state index contributed by atoms with van der Waals surface area (Å²) in [5.74, 6) is -0.0589. The van der Waals surface area contributed by atoms with E-state index in [1.807, 2.05) is 4.90 Å². The van der Waals surface area contributed by atoms with Crippen LogP contribution in [0.5, 0.6) is 0 Å². The lowest BCUT2D eigenvalue weighted by atomic mass is 9.66. The summed E-state index contributed by atoms with van der Waals surface area (Å²) in [6.07, 6.45) is 5.75. The molecule has 18 heavy (non-hydrogen) atoms. The van der Waals surface area contributed by atoms with Crippen LogP contribution in [0.4, 0.5) is 0 Å². The minimum absolute atomic E-state index is 0.0474. The molecule has 1 aliphatic carbocycles. The Hall–Kier alpha value is -1.06. The Kier molecular flexibility index (Phi) is 3.93. The fourth-order valence-corrected chi connectivity index (χ4v) is 2.98. The summed E-state index contributed by atoms with van der Waals surface area (Å²) in [5, 5.41) is 9.26. The minimum Gasteiger partial charge on any atom is -0.481 e. The van der Waals surface area contributed by atoms with Crippen LogP contribution in [0.25, 0.3) is 0 Å². The van der Waals surface area contributed by atoms with Gasteiger partial charge in [-0.2, -0.15) is 0 Å². The molecule has 1 aliphatic heterocycles. The SMILES string of the molecule is CC1CCCN(C(=O)CC2(C(=O)O)CCC2)CC1. The first-order valence-electron chi connectivity index (χ1n) is 7.05. The van der Waals surface area contributed by atoms with Crippen LogP contribution in [-0.4, -0.2) is 35.0 Å². The average molecular weight is 253 g/mol. The number of amides is 1. The van der Waals surface area contributed by atoms with Crippen LogP contribution >= 0.6 is 0 Å². The molecule has 102 valence electrons. The number of carboxylic acids is 1. The molecule has 1 heterocycles. The molecule has 4 nitrogen and oxygen atoms in total. The third-order valence-electron chi connectivity index (χ3n) is 4.62. The highest BCUT2D eigenvalue weighted by molar-refractivity contribution is 5.85. The summed E-state index contributed by atoms with van der Waals surface area (Å²) in [6, 6.07) is 0. The van der Waals surface area contributed by atoms with Crippen molar-refractivity contribution >= 4 is 11.9 Å². The van der Waals surface area contributed by atoms with Gasteiger partial charge >= 0.3 is 5.97 Å². The van der Waals surface area contributed by atoms with Crippen molar-refractivity contribution in [1.29, 1.82) is 0 Å². The Morgan fingerprint density at radius 2 is 1.94 bits per heavy atom. The van der Waals surface area contributed by atoms with Gasteiger partial charge < -0.3 is 10.0 Å². The number of carbonyl (C=O) groups excluding carboxylic acids is 1. The Balaban J connectivity index is 1.93. The molecule has 1 amide bonds. The largest absolute Gasteiger partial charge is 0.481 e. The van der Waals surface area contributed by atoms with Gasteiger partial charge in [-0.15, -0.1) is 0 Å². The van der Waals surface area contributed by atoms with Gasteiger partial charge in [0.05, 0.1) is 5.41 Å². The maximum atomic E-state index is 12.2. The second kappa shape index (κ2) is 5.29. The molecule has 0 aromatic carbocycles. The molecule has 2 fully saturated rings. The zero-order valence-electron chi connectivity index (χ0n) is 11.2. The maximum Gasteiger partial charge on any atom is 0.310 e. The van der Waals surface area contributed by atoms with Crippen molar-refractivity contribution in [1.82, 2.24) is 4.90 Å². The van der Waals surface area contributed by atoms with Crippen LogP contribution in [0.3, 0.4) is 0 Å². The van der Waals surface area contributed by atoms with E-state index < -0.39 is 11.4 Å². The molecule has 0 bridgehead atoms. The summed E-state index contributed by atoms with van der Waals surface area (Å²) in [5.41, 5.74) is -0.741. The molecule has 0 aromatic rings. The predicted octanol–water partition coefficient (Wildman–Crippen LogP) is 2.28. The molecular formula is C14H23NO3. The Morgan fingerprint density at radius 1 is 1.22 bits per heavy atom. The normalized spacial score (nSPS) is 27.2. The first-order chi connectivity index (χ1) is 8.53. The van der Waals surface area contributed by atoms with E-state index in [0.717, 1.165) is 32.4 Å². The smallest absolute Gasteiger partial charge is 0.310 e. The van der Waals surface area contributed by atoms with Crippen molar-refractivity contribution in [2.45, 2.75) is 51.9 Å². The fraction of sp³-hybridized carbons (Fsp3) is 0.857. The fourth-order valence-electron chi connectivity index (χ4n) is 2.98. The number of carbonyl (C=O) groups is 2. The summed E-state index contributed by atoms with van der Waals surface area (Å²) in [6.45, 7) is 3.83. The highest BCUT2D eigenvalue weighted by Gasteiger charge is 2.46. The number of hydrogen-bond acceptors (Lipinski definition) is 2. The summed E-state index contributed by atoms with van der Waals surface area (Å²) >= 11 is 0. The number of nitrogens with zero attached hydrogens (tertiary/aromatic N) is 1. The third-order valence-corrected chi connectivity index (χ3v) is 4.62. The predicted molar refractivity (Wildman–Crippen MR) is 68.1 cm³/mol. The van der Waals surface area contributed by atoms with Gasteiger partial charge in [-0.3, -0.25) is 9.59 Å². The molecule has 4 heteroatoms. The maximum absolute atomic E-state index is 12.2. The molecule has 2 aliphatic rings. The van der Waals surface area contributed by atoms with Crippen molar-refractivity contribution in [2.75, 3.05) is 13.1 Å². The molecule has 1 saturated heterocycles. The van der Waals surface area contributed by atoms with E-state index in [-0.39, 0.29) is 12.3 Å². The number of aliphatic carboxylic acids is 1. The van der Waals surface area contributed by atoms with E-state index in [9.17, 15) is 14.7 Å². The van der Waals surface area contributed by atoms with E-state index in [1.165, 1.54) is 6.42 Å². The molecule has 1 atom stereocenters. The number of carboxylic acid groups (broad SMARTS) is 1. The van der Waals surface area contributed by atoms with Gasteiger partial charge in [0, 0.05) is 19.5 Å². The highest BCUT2D eigenvalue weighted by atomic mass is 16.4. The first-order valence-corrected chi connectivity index (χ1v) is 7.05. The summed E-state index contributed by atoms with van der Waals surface area (Å²) < 4.78 is 0. The Bertz CT molecular complexity index is 336. The van der Waals surface area contributed by atoms with Crippen molar-refractivity contribution in [3.05, 3.63) is 0 Å². The van der Waals surface area contributed by atoms with Crippen LogP contribution in [0.2, 0.25) is 0 Å². The number of hydrogen-bond donors (Lipinski definition) is 1. The Labute approximate surface area is 108 Å². The first kappa shape index (κ1) is 13.4. The van der Waals surface area contributed by atoms with E-state index >= 15 is 0 Å². The van der Waals surface area contributed by atoms with Crippen molar-refractivity contribution in [3.63, 3.8) is 0 Å². The summed E-state index contributed by atoms with van der Waals surface area (Å²) in [4.78, 5) is 25.4. The van der Waals surface area contributed by atoms with Gasteiger partial charge in [0.15, 0.2) is 0 Å². The highest BCUT2D eigenvalue weighted by Crippen LogP contribution is 2.44. The van der Waals surface area contributed by atoms with Gasteiger partial charge in [-0.05, 0) is 38.0 Å². The van der Waals surface area contributed by atoms with E-state index in [1.54, 1.807) is 0 Å². The van der Waals surface area contributed by atoms with Gasteiger partial charge in [0.25, 0.3) is 0 Å². The monoisotopic (exact) mass is 253 g/mol. The summed E-state index contributed by atoms with van der Waals surface area (Å²) in [7, 11) is 0. The average Bonchev–Trinajstić information content (AvgIpc) is 2.47. The molecule has 1 saturated carbocycles. The number of rotatable bonds is 3. The van der Waals surface area contributed by atoms with Crippen LogP contribution in [0.1, 0.15) is 51.9 Å². The van der Waals surface area contributed by atoms with Crippen LogP contribution in [-0.2, 0) is 9.59 Å². The van der Waals surface area contributed by atoms with Crippen LogP contribution in [0.15, 0.2) is 0 Å². The second-order valence-electron chi connectivity index (χ2n) is 6.03. The zero-order chi connectivity index (χ0) is 13.2. The van der Waals surface area contributed by atoms with Gasteiger partial charge in [-0.25, -0.2) is 0 Å². The van der Waals surface area contributed by atoms with E-state index in [4.69, 9.17) is 0 Å².